The van der Waals surface area contributed by atoms with Crippen molar-refractivity contribution in [2.45, 2.75) is 6.10 Å². The number of hydrogen-bond acceptors (Lipinski definition) is 6. The third kappa shape index (κ3) is 3.18. The summed E-state index contributed by atoms with van der Waals surface area (Å²) in [6.07, 6.45) is 0.0516. The van der Waals surface area contributed by atoms with Gasteiger partial charge in [-0.15, -0.1) is 0 Å². The van der Waals surface area contributed by atoms with Crippen molar-refractivity contribution < 1.29 is 23.9 Å². The Labute approximate surface area is 140 Å². The number of likely N-dealkylation sites (N-methyl/N-ethyl adjacent to an activating group) is 1. The Morgan fingerprint density at radius 3 is 2.74 bits per heavy atom. The number of carboxylic acid groups (broad SMARTS) is 1. The third-order valence-corrected chi connectivity index (χ3v) is 4.01. The minimum Gasteiger partial charge on any atom is -0.493 e. The van der Waals surface area contributed by atoms with Gasteiger partial charge in [-0.05, 0) is 19.2 Å². The maximum atomic E-state index is 11.0. The van der Waals surface area contributed by atoms with Crippen molar-refractivity contribution in [2.24, 2.45) is 0 Å². The van der Waals surface area contributed by atoms with Gasteiger partial charge in [0.25, 0.3) is 0 Å². The number of carboxylic acids is 1. The lowest BCUT2D eigenvalue weighted by Crippen LogP contribution is -2.51. The number of carbonyl (C=O) groups is 1. The van der Waals surface area contributed by atoms with Crippen molar-refractivity contribution in [2.75, 3.05) is 27.2 Å². The van der Waals surface area contributed by atoms with Gasteiger partial charge in [0.1, 0.15) is 6.10 Å². The van der Waals surface area contributed by atoms with Crippen molar-refractivity contribution in [3.63, 3.8) is 0 Å². The van der Waals surface area contributed by atoms with E-state index in [1.165, 1.54) is 6.07 Å². The van der Waals surface area contributed by atoms with Gasteiger partial charge >= 0.3 is 5.97 Å². The van der Waals surface area contributed by atoms with Crippen LogP contribution in [0, 0.1) is 0 Å². The molecule has 8 heteroatoms. The van der Waals surface area contributed by atoms with Gasteiger partial charge in [-0.2, -0.15) is 0 Å². The van der Waals surface area contributed by atoms with Crippen molar-refractivity contribution >= 4 is 21.9 Å². The lowest BCUT2D eigenvalue weighted by molar-refractivity contribution is 0.0373. The molecule has 0 saturated carbocycles. The maximum absolute atomic E-state index is 11.0. The average molecular weight is 383 g/mol. The standard InChI is InChI=1S/C15H15BrN2O5/c1-18-6-9(7-18)22-14-10(3-8(16)4-13(14)21-2)12-5-11(15(19)20)17-23-12/h3-5,9H,6-7H2,1-2H3,(H,19,20). The van der Waals surface area contributed by atoms with Crippen molar-refractivity contribution in [1.82, 2.24) is 10.1 Å². The Kier molecular flexibility index (Phi) is 4.27. The molecule has 2 aromatic rings. The van der Waals surface area contributed by atoms with Crippen LogP contribution in [0.2, 0.25) is 0 Å². The molecule has 0 atom stereocenters. The summed E-state index contributed by atoms with van der Waals surface area (Å²) in [5.41, 5.74) is 0.430. The zero-order chi connectivity index (χ0) is 16.6. The van der Waals surface area contributed by atoms with Gasteiger partial charge < -0.3 is 19.1 Å². The van der Waals surface area contributed by atoms with E-state index in [9.17, 15) is 4.79 Å². The SMILES string of the molecule is COc1cc(Br)cc(-c2cc(C(=O)O)no2)c1OC1CN(C)C1. The average Bonchev–Trinajstić information content (AvgIpc) is 2.96. The van der Waals surface area contributed by atoms with Crippen molar-refractivity contribution in [3.8, 4) is 22.8 Å². The first-order valence-corrected chi connectivity index (χ1v) is 7.70. The number of rotatable bonds is 5. The van der Waals surface area contributed by atoms with Crippen LogP contribution in [-0.4, -0.2) is 54.5 Å². The Bertz CT molecular complexity index is 739. The van der Waals surface area contributed by atoms with E-state index in [2.05, 4.69) is 26.0 Å². The normalized spacial score (nSPS) is 15.3. The summed E-state index contributed by atoms with van der Waals surface area (Å²) in [5.74, 6) is 0.216. The van der Waals surface area contributed by atoms with Crippen LogP contribution in [0.4, 0.5) is 0 Å². The van der Waals surface area contributed by atoms with Crippen LogP contribution in [0.15, 0.2) is 27.2 Å². The zero-order valence-electron chi connectivity index (χ0n) is 12.6. The topological polar surface area (TPSA) is 85.0 Å². The molecule has 1 N–H and O–H groups in total. The second-order valence-electron chi connectivity index (χ2n) is 5.33. The Morgan fingerprint density at radius 1 is 1.43 bits per heavy atom. The van der Waals surface area contributed by atoms with E-state index < -0.39 is 5.97 Å². The molecule has 0 radical (unpaired) electrons. The van der Waals surface area contributed by atoms with Gasteiger partial charge in [-0.25, -0.2) is 4.79 Å². The Balaban J connectivity index is 2.02. The number of halogens is 1. The molecule has 7 nitrogen and oxygen atoms in total. The largest absolute Gasteiger partial charge is 0.493 e. The predicted molar refractivity (Wildman–Crippen MR) is 85.1 cm³/mol. The quantitative estimate of drug-likeness (QED) is 0.849. The number of aromatic nitrogens is 1. The highest BCUT2D eigenvalue weighted by Crippen LogP contribution is 2.42. The molecule has 3 rings (SSSR count). The van der Waals surface area contributed by atoms with Crippen LogP contribution in [-0.2, 0) is 0 Å². The maximum Gasteiger partial charge on any atom is 0.358 e. The van der Waals surface area contributed by atoms with Gasteiger partial charge in [-0.3, -0.25) is 4.90 Å². The van der Waals surface area contributed by atoms with E-state index >= 15 is 0 Å². The summed E-state index contributed by atoms with van der Waals surface area (Å²) in [7, 11) is 3.56. The number of aromatic carboxylic acids is 1. The summed E-state index contributed by atoms with van der Waals surface area (Å²) in [6, 6.07) is 4.94. The molecular formula is C15H15BrN2O5. The molecule has 1 aromatic heterocycles. The summed E-state index contributed by atoms with van der Waals surface area (Å²) in [5, 5.41) is 12.5. The van der Waals surface area contributed by atoms with E-state index in [0.717, 1.165) is 17.6 Å². The highest BCUT2D eigenvalue weighted by molar-refractivity contribution is 9.10. The fraction of sp³-hybridized carbons (Fsp3) is 0.333. The smallest absolute Gasteiger partial charge is 0.358 e. The molecule has 0 aliphatic carbocycles. The Hall–Kier alpha value is -2.06. The molecule has 0 bridgehead atoms. The van der Waals surface area contributed by atoms with Crippen LogP contribution in [0.25, 0.3) is 11.3 Å². The number of likely N-dealkylation sites (tertiary alicyclic amines) is 1. The molecular weight excluding hydrogens is 368 g/mol. The molecule has 1 saturated heterocycles. The van der Waals surface area contributed by atoms with E-state index in [1.54, 1.807) is 19.2 Å². The van der Waals surface area contributed by atoms with E-state index in [-0.39, 0.29) is 11.8 Å². The van der Waals surface area contributed by atoms with Crippen molar-refractivity contribution in [1.29, 1.82) is 0 Å². The number of ether oxygens (including phenoxy) is 2. The highest BCUT2D eigenvalue weighted by Gasteiger charge is 2.28. The van der Waals surface area contributed by atoms with Gasteiger partial charge in [0.15, 0.2) is 23.0 Å². The third-order valence-electron chi connectivity index (χ3n) is 3.55. The first-order chi connectivity index (χ1) is 11.0. The van der Waals surface area contributed by atoms with Crippen LogP contribution >= 0.6 is 15.9 Å². The van der Waals surface area contributed by atoms with Crippen LogP contribution < -0.4 is 9.47 Å². The molecule has 0 unspecified atom stereocenters. The predicted octanol–water partition coefficient (Wildman–Crippen LogP) is 2.50. The number of hydrogen-bond donors (Lipinski definition) is 1. The molecule has 0 amide bonds. The first-order valence-electron chi connectivity index (χ1n) is 6.91. The molecule has 1 aliphatic heterocycles. The van der Waals surface area contributed by atoms with Crippen LogP contribution in [0.5, 0.6) is 11.5 Å². The molecule has 122 valence electrons. The van der Waals surface area contributed by atoms with Gasteiger partial charge in [0.2, 0.25) is 0 Å². The number of benzene rings is 1. The van der Waals surface area contributed by atoms with E-state index in [4.69, 9.17) is 19.1 Å². The summed E-state index contributed by atoms with van der Waals surface area (Å²) >= 11 is 3.41. The molecule has 0 spiro atoms. The minimum absolute atomic E-state index is 0.0516. The van der Waals surface area contributed by atoms with Gasteiger partial charge in [0.05, 0.1) is 12.7 Å². The van der Waals surface area contributed by atoms with Crippen LogP contribution in [0.1, 0.15) is 10.5 Å². The summed E-state index contributed by atoms with van der Waals surface area (Å²) < 4.78 is 17.3. The lowest BCUT2D eigenvalue weighted by atomic mass is 10.1. The number of nitrogens with zero attached hydrogens (tertiary/aromatic N) is 2. The fourth-order valence-electron chi connectivity index (χ4n) is 2.41. The second-order valence-corrected chi connectivity index (χ2v) is 6.24. The van der Waals surface area contributed by atoms with Crippen molar-refractivity contribution in [3.05, 3.63) is 28.4 Å². The Morgan fingerprint density at radius 2 is 2.17 bits per heavy atom. The molecule has 23 heavy (non-hydrogen) atoms. The number of methoxy groups -OCH3 is 1. The molecule has 2 heterocycles. The van der Waals surface area contributed by atoms with Gasteiger partial charge in [-0.1, -0.05) is 21.1 Å². The molecule has 1 aliphatic rings. The van der Waals surface area contributed by atoms with E-state index in [0.29, 0.717) is 22.8 Å². The monoisotopic (exact) mass is 382 g/mol. The van der Waals surface area contributed by atoms with E-state index in [1.807, 2.05) is 7.05 Å². The zero-order valence-corrected chi connectivity index (χ0v) is 14.2. The van der Waals surface area contributed by atoms with Crippen LogP contribution in [0.3, 0.4) is 0 Å². The minimum atomic E-state index is -1.15. The summed E-state index contributed by atoms with van der Waals surface area (Å²) in [6.45, 7) is 1.63. The highest BCUT2D eigenvalue weighted by atomic mass is 79.9. The first kappa shape index (κ1) is 15.8. The fourth-order valence-corrected chi connectivity index (χ4v) is 2.85. The molecule has 1 aromatic carbocycles. The lowest BCUT2D eigenvalue weighted by Gasteiger charge is -2.36. The summed E-state index contributed by atoms with van der Waals surface area (Å²) in [4.78, 5) is 13.1. The van der Waals surface area contributed by atoms with Gasteiger partial charge in [0, 0.05) is 23.6 Å². The molecule has 1 fully saturated rings. The second kappa shape index (κ2) is 6.21.